The van der Waals surface area contributed by atoms with Crippen LogP contribution in [0.3, 0.4) is 0 Å². The van der Waals surface area contributed by atoms with Gasteiger partial charge in [0.05, 0.1) is 0 Å². The van der Waals surface area contributed by atoms with Crippen LogP contribution in [0.1, 0.15) is 32.6 Å². The van der Waals surface area contributed by atoms with Crippen LogP contribution in [-0.4, -0.2) is 55.5 Å². The van der Waals surface area contributed by atoms with Crippen molar-refractivity contribution in [2.45, 2.75) is 38.6 Å². The lowest BCUT2D eigenvalue weighted by atomic mass is 10.1. The number of likely N-dealkylation sites (tertiary alicyclic amines) is 1. The minimum Gasteiger partial charge on any atom is -0.344 e. The van der Waals surface area contributed by atoms with Crippen LogP contribution in [0.2, 0.25) is 0 Å². The molecule has 1 aliphatic rings. The molecule has 1 amide bonds. The Labute approximate surface area is 105 Å². The first-order chi connectivity index (χ1) is 8.04. The number of carbonyl (C=O) groups excluding carboxylic acids is 1. The van der Waals surface area contributed by atoms with Gasteiger partial charge in [-0.3, -0.25) is 4.79 Å². The van der Waals surface area contributed by atoms with Crippen LogP contribution < -0.4 is 5.73 Å². The molecule has 1 rings (SSSR count). The zero-order valence-corrected chi connectivity index (χ0v) is 11.5. The van der Waals surface area contributed by atoms with E-state index in [0.717, 1.165) is 19.5 Å². The van der Waals surface area contributed by atoms with Gasteiger partial charge in [0.1, 0.15) is 0 Å². The van der Waals surface area contributed by atoms with Crippen LogP contribution in [0.4, 0.5) is 0 Å². The third-order valence-electron chi connectivity index (χ3n) is 3.84. The van der Waals surface area contributed by atoms with Crippen LogP contribution in [0.15, 0.2) is 0 Å². The number of nitrogens with zero attached hydrogens (tertiary/aromatic N) is 2. The van der Waals surface area contributed by atoms with Gasteiger partial charge in [0.2, 0.25) is 5.91 Å². The second kappa shape index (κ2) is 6.97. The van der Waals surface area contributed by atoms with Gasteiger partial charge in [-0.15, -0.1) is 0 Å². The van der Waals surface area contributed by atoms with Crippen molar-refractivity contribution in [3.8, 4) is 0 Å². The Kier molecular flexibility index (Phi) is 5.92. The average Bonchev–Trinajstić information content (AvgIpc) is 2.71. The molecule has 2 unspecified atom stereocenters. The molecule has 4 heteroatoms. The SMILES string of the molecule is CC(CN)CCC(=O)N(C)CC1CCCN1C. The highest BCUT2D eigenvalue weighted by Gasteiger charge is 2.23. The zero-order valence-electron chi connectivity index (χ0n) is 11.5. The molecule has 100 valence electrons. The molecular weight excluding hydrogens is 214 g/mol. The standard InChI is InChI=1S/C13H27N3O/c1-11(9-14)6-7-13(17)16(3)10-12-5-4-8-15(12)2/h11-12H,4-10,14H2,1-3H3. The molecular formula is C13H27N3O. The van der Waals surface area contributed by atoms with Crippen molar-refractivity contribution >= 4 is 5.91 Å². The normalized spacial score (nSPS) is 22.7. The zero-order chi connectivity index (χ0) is 12.8. The van der Waals surface area contributed by atoms with E-state index < -0.39 is 0 Å². The third-order valence-corrected chi connectivity index (χ3v) is 3.84. The first-order valence-corrected chi connectivity index (χ1v) is 6.68. The number of nitrogens with two attached hydrogens (primary N) is 1. The van der Waals surface area contributed by atoms with E-state index >= 15 is 0 Å². The van der Waals surface area contributed by atoms with Crippen molar-refractivity contribution in [1.82, 2.24) is 9.80 Å². The van der Waals surface area contributed by atoms with Gasteiger partial charge in [-0.1, -0.05) is 6.92 Å². The summed E-state index contributed by atoms with van der Waals surface area (Å²) in [5.41, 5.74) is 5.55. The Morgan fingerprint density at radius 1 is 1.59 bits per heavy atom. The smallest absolute Gasteiger partial charge is 0.222 e. The van der Waals surface area contributed by atoms with Crippen molar-refractivity contribution in [1.29, 1.82) is 0 Å². The maximum Gasteiger partial charge on any atom is 0.222 e. The predicted molar refractivity (Wildman–Crippen MR) is 70.7 cm³/mol. The van der Waals surface area contributed by atoms with Gasteiger partial charge in [0.15, 0.2) is 0 Å². The highest BCUT2D eigenvalue weighted by atomic mass is 16.2. The molecule has 1 aliphatic heterocycles. The van der Waals surface area contributed by atoms with E-state index in [1.54, 1.807) is 0 Å². The summed E-state index contributed by atoms with van der Waals surface area (Å²) in [4.78, 5) is 16.2. The molecule has 0 bridgehead atoms. The summed E-state index contributed by atoms with van der Waals surface area (Å²) < 4.78 is 0. The average molecular weight is 241 g/mol. The second-order valence-corrected chi connectivity index (χ2v) is 5.43. The molecule has 0 saturated carbocycles. The van der Waals surface area contributed by atoms with E-state index in [4.69, 9.17) is 5.73 Å². The van der Waals surface area contributed by atoms with Crippen LogP contribution in [-0.2, 0) is 4.79 Å². The molecule has 2 atom stereocenters. The number of carbonyl (C=O) groups is 1. The topological polar surface area (TPSA) is 49.6 Å². The maximum atomic E-state index is 11.9. The Hall–Kier alpha value is -0.610. The minimum atomic E-state index is 0.255. The van der Waals surface area contributed by atoms with Crippen molar-refractivity contribution < 1.29 is 4.79 Å². The number of hydrogen-bond donors (Lipinski definition) is 1. The molecule has 2 N–H and O–H groups in total. The molecule has 1 fully saturated rings. The summed E-state index contributed by atoms with van der Waals surface area (Å²) in [6.45, 7) is 4.80. The van der Waals surface area contributed by atoms with Crippen molar-refractivity contribution in [3.63, 3.8) is 0 Å². The lowest BCUT2D eigenvalue weighted by molar-refractivity contribution is -0.130. The first-order valence-electron chi connectivity index (χ1n) is 6.68. The highest BCUT2D eigenvalue weighted by molar-refractivity contribution is 5.75. The van der Waals surface area contributed by atoms with Gasteiger partial charge in [-0.25, -0.2) is 0 Å². The molecule has 17 heavy (non-hydrogen) atoms. The van der Waals surface area contributed by atoms with Gasteiger partial charge in [-0.2, -0.15) is 0 Å². The predicted octanol–water partition coefficient (Wildman–Crippen LogP) is 0.914. The van der Waals surface area contributed by atoms with Gasteiger partial charge in [0, 0.05) is 26.1 Å². The van der Waals surface area contributed by atoms with Gasteiger partial charge in [0.25, 0.3) is 0 Å². The van der Waals surface area contributed by atoms with Crippen LogP contribution in [0, 0.1) is 5.92 Å². The second-order valence-electron chi connectivity index (χ2n) is 5.43. The number of hydrogen-bond acceptors (Lipinski definition) is 3. The van der Waals surface area contributed by atoms with E-state index in [1.165, 1.54) is 12.8 Å². The summed E-state index contributed by atoms with van der Waals surface area (Å²) in [5.74, 6) is 0.701. The van der Waals surface area contributed by atoms with Gasteiger partial charge < -0.3 is 15.5 Å². The number of rotatable bonds is 6. The Balaban J connectivity index is 2.26. The molecule has 0 spiro atoms. The Bertz CT molecular complexity index is 245. The molecule has 4 nitrogen and oxygen atoms in total. The van der Waals surface area contributed by atoms with E-state index in [9.17, 15) is 4.79 Å². The molecule has 1 saturated heterocycles. The van der Waals surface area contributed by atoms with E-state index in [-0.39, 0.29) is 5.91 Å². The molecule has 1 heterocycles. The van der Waals surface area contributed by atoms with Gasteiger partial charge in [-0.05, 0) is 45.3 Å². The summed E-state index contributed by atoms with van der Waals surface area (Å²) in [5, 5.41) is 0. The fourth-order valence-electron chi connectivity index (χ4n) is 2.31. The van der Waals surface area contributed by atoms with Crippen LogP contribution in [0.25, 0.3) is 0 Å². The summed E-state index contributed by atoms with van der Waals surface area (Å²) in [6, 6.07) is 0.552. The summed E-state index contributed by atoms with van der Waals surface area (Å²) >= 11 is 0. The maximum absolute atomic E-state index is 11.9. The third kappa shape index (κ3) is 4.64. The van der Waals surface area contributed by atoms with Crippen molar-refractivity contribution in [2.75, 3.05) is 33.7 Å². The lowest BCUT2D eigenvalue weighted by Crippen LogP contribution is -2.39. The summed E-state index contributed by atoms with van der Waals surface area (Å²) in [6.07, 6.45) is 4.01. The van der Waals surface area contributed by atoms with Crippen molar-refractivity contribution in [2.24, 2.45) is 11.7 Å². The van der Waals surface area contributed by atoms with Gasteiger partial charge >= 0.3 is 0 Å². The van der Waals surface area contributed by atoms with Crippen LogP contribution >= 0.6 is 0 Å². The van der Waals surface area contributed by atoms with E-state index in [1.807, 2.05) is 11.9 Å². The summed E-state index contributed by atoms with van der Waals surface area (Å²) in [7, 11) is 4.06. The lowest BCUT2D eigenvalue weighted by Gasteiger charge is -2.26. The molecule has 0 aromatic heterocycles. The number of amides is 1. The quantitative estimate of drug-likeness (QED) is 0.752. The minimum absolute atomic E-state index is 0.255. The Morgan fingerprint density at radius 2 is 2.29 bits per heavy atom. The van der Waals surface area contributed by atoms with Crippen molar-refractivity contribution in [3.05, 3.63) is 0 Å². The molecule has 0 radical (unpaired) electrons. The monoisotopic (exact) mass is 241 g/mol. The number of likely N-dealkylation sites (N-methyl/N-ethyl adjacent to an activating group) is 2. The molecule has 0 aromatic rings. The molecule has 0 aromatic carbocycles. The van der Waals surface area contributed by atoms with E-state index in [0.29, 0.717) is 24.9 Å². The highest BCUT2D eigenvalue weighted by Crippen LogP contribution is 2.16. The van der Waals surface area contributed by atoms with E-state index in [2.05, 4.69) is 18.9 Å². The first kappa shape index (κ1) is 14.5. The fourth-order valence-corrected chi connectivity index (χ4v) is 2.31. The molecule has 0 aliphatic carbocycles. The Morgan fingerprint density at radius 3 is 2.82 bits per heavy atom. The largest absolute Gasteiger partial charge is 0.344 e. The fraction of sp³-hybridized carbons (Fsp3) is 0.923. The van der Waals surface area contributed by atoms with Crippen LogP contribution in [0.5, 0.6) is 0 Å².